The normalized spacial score (nSPS) is 15.5. The predicted octanol–water partition coefficient (Wildman–Crippen LogP) is 5.40. The number of hydrogen-bond donors (Lipinski definition) is 2. The van der Waals surface area contributed by atoms with Gasteiger partial charge in [0.25, 0.3) is 5.91 Å². The highest BCUT2D eigenvalue weighted by atomic mass is 35.5. The summed E-state index contributed by atoms with van der Waals surface area (Å²) >= 11 is 11.6. The number of nitrogens with one attached hydrogen (secondary N) is 2. The Morgan fingerprint density at radius 2 is 1.97 bits per heavy atom. The number of alkyl halides is 3. The average molecular weight is 469 g/mol. The summed E-state index contributed by atoms with van der Waals surface area (Å²) in [6.45, 7) is 0. The van der Waals surface area contributed by atoms with Crippen molar-refractivity contribution in [2.24, 2.45) is 0 Å². The number of fused-ring (bicyclic) bond motifs is 1. The summed E-state index contributed by atoms with van der Waals surface area (Å²) < 4.78 is 40.4. The maximum Gasteiger partial charge on any atom is 0.417 e. The molecule has 3 aromatic rings. The number of hydrogen-bond acceptors (Lipinski definition) is 3. The molecule has 0 fully saturated rings. The van der Waals surface area contributed by atoms with Gasteiger partial charge in [0.2, 0.25) is 5.91 Å². The molecule has 1 aliphatic rings. The SMILES string of the molecule is O=C(CC1C(=O)Nc2c(-c3cccc(Cl)c3)cnn21)Nc1ccc(Cl)c(C(F)(F)F)c1. The van der Waals surface area contributed by atoms with Crippen molar-refractivity contribution in [2.45, 2.75) is 18.6 Å². The van der Waals surface area contributed by atoms with Gasteiger partial charge in [-0.3, -0.25) is 9.59 Å². The molecule has 1 unspecified atom stereocenters. The monoisotopic (exact) mass is 468 g/mol. The van der Waals surface area contributed by atoms with Crippen LogP contribution in [0.15, 0.2) is 48.7 Å². The number of halogens is 5. The summed E-state index contributed by atoms with van der Waals surface area (Å²) in [6.07, 6.45) is -3.44. The molecule has 1 atom stereocenters. The van der Waals surface area contributed by atoms with Gasteiger partial charge < -0.3 is 10.6 Å². The number of nitrogens with zero attached hydrogens (tertiary/aromatic N) is 2. The number of carbonyl (C=O) groups is 2. The lowest BCUT2D eigenvalue weighted by molar-refractivity contribution is -0.137. The van der Waals surface area contributed by atoms with E-state index in [9.17, 15) is 22.8 Å². The van der Waals surface area contributed by atoms with E-state index >= 15 is 0 Å². The van der Waals surface area contributed by atoms with Crippen LogP contribution in [0, 0.1) is 0 Å². The van der Waals surface area contributed by atoms with Crippen LogP contribution in [0.2, 0.25) is 10.0 Å². The van der Waals surface area contributed by atoms with E-state index in [-0.39, 0.29) is 12.1 Å². The minimum absolute atomic E-state index is 0.0829. The molecule has 1 aliphatic heterocycles. The van der Waals surface area contributed by atoms with Crippen molar-refractivity contribution in [3.05, 3.63) is 64.3 Å². The molecule has 4 rings (SSSR count). The standard InChI is InChI=1S/C20H13Cl2F3N4O2/c21-11-3-1-2-10(6-11)13-9-26-29-16(19(31)28-18(13)29)8-17(30)27-12-4-5-15(22)14(7-12)20(23,24)25/h1-7,9,16H,8H2,(H,27,30)(H,28,31). The molecule has 2 amide bonds. The maximum absolute atomic E-state index is 13.0. The third-order valence-corrected chi connectivity index (χ3v) is 5.27. The van der Waals surface area contributed by atoms with Crippen molar-refractivity contribution >= 4 is 46.5 Å². The van der Waals surface area contributed by atoms with Crippen LogP contribution in [0.1, 0.15) is 18.0 Å². The van der Waals surface area contributed by atoms with Crippen LogP contribution >= 0.6 is 23.2 Å². The van der Waals surface area contributed by atoms with E-state index in [1.807, 2.05) is 0 Å². The summed E-state index contributed by atoms with van der Waals surface area (Å²) in [7, 11) is 0. The van der Waals surface area contributed by atoms with Gasteiger partial charge in [-0.25, -0.2) is 4.68 Å². The van der Waals surface area contributed by atoms with Crippen molar-refractivity contribution in [2.75, 3.05) is 10.6 Å². The molecule has 2 aromatic carbocycles. The molecule has 0 radical (unpaired) electrons. The van der Waals surface area contributed by atoms with Gasteiger partial charge in [-0.1, -0.05) is 35.3 Å². The molecule has 0 saturated heterocycles. The Bertz CT molecular complexity index is 1190. The molecule has 0 spiro atoms. The molecule has 0 aliphatic carbocycles. The predicted molar refractivity (Wildman–Crippen MR) is 110 cm³/mol. The Labute approximate surface area is 183 Å². The molecule has 2 heterocycles. The second kappa shape index (κ2) is 7.90. The molecular weight excluding hydrogens is 456 g/mol. The molecule has 11 heteroatoms. The van der Waals surface area contributed by atoms with Gasteiger partial charge >= 0.3 is 6.18 Å². The molecule has 2 N–H and O–H groups in total. The average Bonchev–Trinajstić information content (AvgIpc) is 3.22. The van der Waals surface area contributed by atoms with E-state index in [2.05, 4.69) is 15.7 Å². The van der Waals surface area contributed by atoms with E-state index < -0.39 is 34.6 Å². The van der Waals surface area contributed by atoms with Crippen LogP contribution in [0.25, 0.3) is 11.1 Å². The Hall–Kier alpha value is -3.04. The first-order chi connectivity index (χ1) is 14.6. The minimum Gasteiger partial charge on any atom is -0.326 e. The molecule has 0 bridgehead atoms. The van der Waals surface area contributed by atoms with Gasteiger partial charge in [-0.15, -0.1) is 0 Å². The van der Waals surface area contributed by atoms with Gasteiger partial charge in [0.05, 0.1) is 23.2 Å². The number of anilines is 2. The highest BCUT2D eigenvalue weighted by molar-refractivity contribution is 6.31. The van der Waals surface area contributed by atoms with Crippen molar-refractivity contribution in [1.82, 2.24) is 9.78 Å². The van der Waals surface area contributed by atoms with E-state index in [4.69, 9.17) is 23.2 Å². The lowest BCUT2D eigenvalue weighted by Gasteiger charge is -2.13. The van der Waals surface area contributed by atoms with E-state index in [0.717, 1.165) is 17.7 Å². The Morgan fingerprint density at radius 3 is 2.68 bits per heavy atom. The van der Waals surface area contributed by atoms with Crippen molar-refractivity contribution in [3.63, 3.8) is 0 Å². The molecule has 31 heavy (non-hydrogen) atoms. The third-order valence-electron chi connectivity index (χ3n) is 4.70. The fourth-order valence-corrected chi connectivity index (χ4v) is 3.70. The largest absolute Gasteiger partial charge is 0.417 e. The van der Waals surface area contributed by atoms with Crippen LogP contribution in [-0.4, -0.2) is 21.6 Å². The van der Waals surface area contributed by atoms with Crippen LogP contribution in [0.5, 0.6) is 0 Å². The zero-order valence-electron chi connectivity index (χ0n) is 15.5. The zero-order chi connectivity index (χ0) is 22.3. The Balaban J connectivity index is 1.53. The van der Waals surface area contributed by atoms with Gasteiger partial charge in [0, 0.05) is 16.3 Å². The lowest BCUT2D eigenvalue weighted by atomic mass is 10.1. The van der Waals surface area contributed by atoms with Gasteiger partial charge in [0.1, 0.15) is 11.9 Å². The second-order valence-corrected chi connectivity index (χ2v) is 7.66. The topological polar surface area (TPSA) is 76.0 Å². The summed E-state index contributed by atoms with van der Waals surface area (Å²) in [5.41, 5.74) is 0.220. The number of benzene rings is 2. The quantitative estimate of drug-likeness (QED) is 0.538. The number of rotatable bonds is 4. The van der Waals surface area contributed by atoms with Gasteiger partial charge in [0.15, 0.2) is 0 Å². The van der Waals surface area contributed by atoms with Crippen LogP contribution in [0.4, 0.5) is 24.7 Å². The fraction of sp³-hybridized carbons (Fsp3) is 0.150. The second-order valence-electron chi connectivity index (χ2n) is 6.81. The Morgan fingerprint density at radius 1 is 1.19 bits per heavy atom. The van der Waals surface area contributed by atoms with Crippen molar-refractivity contribution in [3.8, 4) is 11.1 Å². The van der Waals surface area contributed by atoms with Crippen LogP contribution in [-0.2, 0) is 15.8 Å². The highest BCUT2D eigenvalue weighted by Gasteiger charge is 2.36. The molecular formula is C20H13Cl2F3N4O2. The van der Waals surface area contributed by atoms with Gasteiger partial charge in [-0.2, -0.15) is 18.3 Å². The number of carbonyl (C=O) groups excluding carboxylic acids is 2. The first-order valence-corrected chi connectivity index (χ1v) is 9.70. The minimum atomic E-state index is -4.66. The van der Waals surface area contributed by atoms with E-state index in [0.29, 0.717) is 16.4 Å². The summed E-state index contributed by atoms with van der Waals surface area (Å²) in [5, 5.41) is 9.29. The lowest BCUT2D eigenvalue weighted by Crippen LogP contribution is -2.23. The molecule has 6 nitrogen and oxygen atoms in total. The first-order valence-electron chi connectivity index (χ1n) is 8.94. The number of amides is 2. The Kier molecular flexibility index (Phi) is 5.40. The zero-order valence-corrected chi connectivity index (χ0v) is 17.0. The molecule has 160 valence electrons. The van der Waals surface area contributed by atoms with E-state index in [1.54, 1.807) is 30.5 Å². The van der Waals surface area contributed by atoms with Gasteiger partial charge in [-0.05, 0) is 35.9 Å². The number of aromatic nitrogens is 2. The van der Waals surface area contributed by atoms with Crippen molar-refractivity contribution in [1.29, 1.82) is 0 Å². The summed E-state index contributed by atoms with van der Waals surface area (Å²) in [5.74, 6) is -0.687. The molecule has 1 aromatic heterocycles. The highest BCUT2D eigenvalue weighted by Crippen LogP contribution is 2.38. The fourth-order valence-electron chi connectivity index (χ4n) is 3.29. The maximum atomic E-state index is 13.0. The van der Waals surface area contributed by atoms with E-state index in [1.165, 1.54) is 10.7 Å². The smallest absolute Gasteiger partial charge is 0.326 e. The molecule has 0 saturated carbocycles. The van der Waals surface area contributed by atoms with Crippen LogP contribution in [0.3, 0.4) is 0 Å². The summed E-state index contributed by atoms with van der Waals surface area (Å²) in [6, 6.07) is 9.07. The first kappa shape index (κ1) is 21.2. The third kappa shape index (κ3) is 4.24. The summed E-state index contributed by atoms with van der Waals surface area (Å²) in [4.78, 5) is 24.8. The van der Waals surface area contributed by atoms with Crippen molar-refractivity contribution < 1.29 is 22.8 Å². The van der Waals surface area contributed by atoms with Crippen LogP contribution < -0.4 is 10.6 Å².